The lowest BCUT2D eigenvalue weighted by atomic mass is 10.1. The van der Waals surface area contributed by atoms with Crippen molar-refractivity contribution in [2.24, 2.45) is 0 Å². The van der Waals surface area contributed by atoms with E-state index in [1.165, 1.54) is 5.56 Å². The van der Waals surface area contributed by atoms with Gasteiger partial charge in [0.05, 0.1) is 30.6 Å². The lowest BCUT2D eigenvalue weighted by molar-refractivity contribution is -0.119. The lowest BCUT2D eigenvalue weighted by Gasteiger charge is -2.35. The zero-order valence-corrected chi connectivity index (χ0v) is 27.4. The van der Waals surface area contributed by atoms with Crippen molar-refractivity contribution >= 4 is 28.8 Å². The molecule has 2 aromatic heterocycles. The molecule has 9 heteroatoms. The molecule has 236 valence electrons. The van der Waals surface area contributed by atoms with Gasteiger partial charge >= 0.3 is 0 Å². The Morgan fingerprint density at radius 2 is 1.59 bits per heavy atom. The minimum Gasteiger partial charge on any atom is -0.497 e. The number of methoxy groups -OCH3 is 1. The van der Waals surface area contributed by atoms with Crippen molar-refractivity contribution in [1.82, 2.24) is 19.4 Å². The molecule has 3 heterocycles. The maximum absolute atomic E-state index is 14.0. The van der Waals surface area contributed by atoms with Crippen LogP contribution in [-0.2, 0) is 17.8 Å². The third-order valence-electron chi connectivity index (χ3n) is 8.70. The van der Waals surface area contributed by atoms with Crippen LogP contribution in [0.25, 0.3) is 22.0 Å². The van der Waals surface area contributed by atoms with Crippen molar-refractivity contribution in [2.45, 2.75) is 19.9 Å². The Hall–Kier alpha value is -4.73. The highest BCUT2D eigenvalue weighted by atomic mass is 32.1. The number of ether oxygens (including phenoxy) is 1. The number of anilines is 1. The first-order valence-electron chi connectivity index (χ1n) is 15.6. The number of aromatic nitrogens is 2. The van der Waals surface area contributed by atoms with Gasteiger partial charge in [-0.3, -0.25) is 14.5 Å². The van der Waals surface area contributed by atoms with Crippen LogP contribution in [0.1, 0.15) is 21.6 Å². The van der Waals surface area contributed by atoms with Crippen LogP contribution in [0, 0.1) is 6.92 Å². The summed E-state index contributed by atoms with van der Waals surface area (Å²) in [6.45, 7) is 5.54. The third-order valence-corrected chi connectivity index (χ3v) is 9.59. The van der Waals surface area contributed by atoms with Crippen molar-refractivity contribution in [1.29, 1.82) is 0 Å². The molecule has 8 nitrogen and oxygen atoms in total. The van der Waals surface area contributed by atoms with E-state index in [4.69, 9.17) is 9.72 Å². The molecule has 6 rings (SSSR count). The average Bonchev–Trinajstić information content (AvgIpc) is 3.72. The van der Waals surface area contributed by atoms with Crippen molar-refractivity contribution in [3.63, 3.8) is 0 Å². The van der Waals surface area contributed by atoms with E-state index in [1.54, 1.807) is 23.3 Å². The molecule has 0 aliphatic carbocycles. The fourth-order valence-electron chi connectivity index (χ4n) is 5.88. The van der Waals surface area contributed by atoms with Gasteiger partial charge in [0.15, 0.2) is 0 Å². The molecule has 0 radical (unpaired) electrons. The average molecular weight is 634 g/mol. The van der Waals surface area contributed by atoms with Gasteiger partial charge in [-0.1, -0.05) is 48.5 Å². The van der Waals surface area contributed by atoms with Gasteiger partial charge in [-0.15, -0.1) is 11.3 Å². The predicted molar refractivity (Wildman–Crippen MR) is 185 cm³/mol. The molecule has 0 spiro atoms. The second-order valence-corrected chi connectivity index (χ2v) is 12.4. The molecule has 2 amide bonds. The number of hydrogen-bond acceptors (Lipinski definition) is 6. The molecule has 46 heavy (non-hydrogen) atoms. The number of amides is 2. The topological polar surface area (TPSA) is 70.9 Å². The molecule has 0 atom stereocenters. The predicted octanol–water partition coefficient (Wildman–Crippen LogP) is 6.26. The first-order chi connectivity index (χ1) is 22.4. The van der Waals surface area contributed by atoms with E-state index >= 15 is 0 Å². The van der Waals surface area contributed by atoms with E-state index in [2.05, 4.69) is 39.1 Å². The Balaban J connectivity index is 1.19. The van der Waals surface area contributed by atoms with E-state index in [1.807, 2.05) is 85.6 Å². The highest BCUT2D eigenvalue weighted by molar-refractivity contribution is 7.13. The summed E-state index contributed by atoms with van der Waals surface area (Å²) in [6.07, 6.45) is 0.844. The van der Waals surface area contributed by atoms with Crippen molar-refractivity contribution in [3.05, 3.63) is 113 Å². The normalized spacial score (nSPS) is 13.5. The quantitative estimate of drug-likeness (QED) is 0.182. The first kappa shape index (κ1) is 31.3. The second kappa shape index (κ2) is 14.1. The van der Waals surface area contributed by atoms with Gasteiger partial charge in [0.2, 0.25) is 5.91 Å². The maximum atomic E-state index is 14.0. The van der Waals surface area contributed by atoms with Crippen LogP contribution in [0.4, 0.5) is 5.69 Å². The van der Waals surface area contributed by atoms with Crippen LogP contribution < -0.4 is 9.64 Å². The number of rotatable bonds is 10. The fourth-order valence-corrected chi connectivity index (χ4v) is 6.70. The number of aryl methyl sites for hydroxylation is 1. The second-order valence-electron chi connectivity index (χ2n) is 11.5. The summed E-state index contributed by atoms with van der Waals surface area (Å²) in [7, 11) is 3.47. The number of carbonyl (C=O) groups excluding carboxylic acids is 2. The van der Waals surface area contributed by atoms with Gasteiger partial charge in [0.25, 0.3) is 5.91 Å². The number of thiazole rings is 1. The Morgan fingerprint density at radius 1 is 0.913 bits per heavy atom. The molecule has 3 aromatic carbocycles. The zero-order chi connectivity index (χ0) is 32.0. The van der Waals surface area contributed by atoms with Gasteiger partial charge in [-0.2, -0.15) is 0 Å². The van der Waals surface area contributed by atoms with E-state index in [0.717, 1.165) is 52.1 Å². The van der Waals surface area contributed by atoms with Crippen LogP contribution >= 0.6 is 11.3 Å². The molecule has 0 saturated carbocycles. The largest absolute Gasteiger partial charge is 0.497 e. The molecule has 1 saturated heterocycles. The van der Waals surface area contributed by atoms with Gasteiger partial charge in [0, 0.05) is 62.1 Å². The van der Waals surface area contributed by atoms with Crippen molar-refractivity contribution < 1.29 is 14.3 Å². The molecule has 0 N–H and O–H groups in total. The number of nitrogens with zero attached hydrogens (tertiary/aromatic N) is 5. The van der Waals surface area contributed by atoms with Crippen molar-refractivity contribution in [2.75, 3.05) is 51.8 Å². The fraction of sp³-hybridized carbons (Fsp3) is 0.270. The van der Waals surface area contributed by atoms with E-state index < -0.39 is 0 Å². The SMILES string of the molecule is COc1ccc(-c2nc(-c3cc(C(=O)N4CCN(CC(=O)N(C)c5ccccc5)CC4)c(C)n3CCc3ccccc3)cs2)cc1. The number of piperazine rings is 1. The van der Waals surface area contributed by atoms with Gasteiger partial charge in [0.1, 0.15) is 10.8 Å². The summed E-state index contributed by atoms with van der Waals surface area (Å²) in [5.74, 6) is 0.871. The van der Waals surface area contributed by atoms with Gasteiger partial charge in [-0.25, -0.2) is 4.98 Å². The summed E-state index contributed by atoms with van der Waals surface area (Å²) in [4.78, 5) is 37.7. The summed E-state index contributed by atoms with van der Waals surface area (Å²) in [5.41, 5.74) is 6.60. The molecule has 0 bridgehead atoms. The van der Waals surface area contributed by atoms with E-state index in [9.17, 15) is 9.59 Å². The Morgan fingerprint density at radius 3 is 2.26 bits per heavy atom. The first-order valence-corrected chi connectivity index (χ1v) is 16.5. The number of likely N-dealkylation sites (N-methyl/N-ethyl adjacent to an activating group) is 1. The van der Waals surface area contributed by atoms with Gasteiger partial charge < -0.3 is 19.1 Å². The maximum Gasteiger partial charge on any atom is 0.255 e. The Labute approximate surface area is 274 Å². The Bertz CT molecular complexity index is 1780. The molecular formula is C37H39N5O3S. The highest BCUT2D eigenvalue weighted by Gasteiger charge is 2.28. The van der Waals surface area contributed by atoms with Crippen LogP contribution in [0.15, 0.2) is 96.4 Å². The van der Waals surface area contributed by atoms with Crippen molar-refractivity contribution in [3.8, 4) is 27.7 Å². The monoisotopic (exact) mass is 633 g/mol. The van der Waals surface area contributed by atoms with Crippen LogP contribution in [0.3, 0.4) is 0 Å². The number of para-hydroxylation sites is 1. The summed E-state index contributed by atoms with van der Waals surface area (Å²) >= 11 is 1.59. The number of benzene rings is 3. The smallest absolute Gasteiger partial charge is 0.255 e. The highest BCUT2D eigenvalue weighted by Crippen LogP contribution is 2.33. The zero-order valence-electron chi connectivity index (χ0n) is 26.6. The van der Waals surface area contributed by atoms with Crippen LogP contribution in [0.5, 0.6) is 5.75 Å². The van der Waals surface area contributed by atoms with Gasteiger partial charge in [-0.05, 0) is 61.4 Å². The summed E-state index contributed by atoms with van der Waals surface area (Å²) in [5, 5.41) is 2.99. The summed E-state index contributed by atoms with van der Waals surface area (Å²) < 4.78 is 7.56. The van der Waals surface area contributed by atoms with Crippen LogP contribution in [-0.4, -0.2) is 78.0 Å². The number of carbonyl (C=O) groups is 2. The molecule has 0 unspecified atom stereocenters. The van der Waals surface area contributed by atoms with E-state index in [0.29, 0.717) is 38.3 Å². The minimum atomic E-state index is 0.0233. The lowest BCUT2D eigenvalue weighted by Crippen LogP contribution is -2.51. The number of hydrogen-bond donors (Lipinski definition) is 0. The molecule has 1 aliphatic rings. The molecule has 1 fully saturated rings. The molecule has 1 aliphatic heterocycles. The molecule has 5 aromatic rings. The molecular weight excluding hydrogens is 595 g/mol. The Kier molecular flexibility index (Phi) is 9.61. The van der Waals surface area contributed by atoms with Crippen LogP contribution in [0.2, 0.25) is 0 Å². The standard InChI is InChI=1S/C37H39N5O3S/c1-27-32(37(44)41-22-20-40(21-23-41)25-35(43)39(2)30-12-8-5-9-13-30)24-34(42(27)19-18-28-10-6-4-7-11-28)33-26-46-36(38-33)29-14-16-31(45-3)17-15-29/h4-17,24,26H,18-23,25H2,1-3H3. The third kappa shape index (κ3) is 6.90. The summed E-state index contributed by atoms with van der Waals surface area (Å²) in [6, 6.07) is 30.0. The van der Waals surface area contributed by atoms with E-state index in [-0.39, 0.29) is 11.8 Å². The minimum absolute atomic E-state index is 0.0233.